The van der Waals surface area contributed by atoms with Crippen molar-refractivity contribution in [1.82, 2.24) is 0 Å². The van der Waals surface area contributed by atoms with Crippen LogP contribution in [-0.2, 0) is 0 Å². The molecule has 2 aliphatic heterocycles. The second-order valence-electron chi connectivity index (χ2n) is 12.8. The Kier molecular flexibility index (Phi) is 5.98. The first-order chi connectivity index (χ1) is 23.0. The highest BCUT2D eigenvalue weighted by atomic mass is 79.9. The van der Waals surface area contributed by atoms with Crippen LogP contribution in [0.15, 0.2) is 81.7 Å². The number of halogens is 2. The molecule has 0 saturated carbocycles. The Labute approximate surface area is 291 Å². The van der Waals surface area contributed by atoms with Gasteiger partial charge >= 0.3 is 0 Å². The van der Waals surface area contributed by atoms with Gasteiger partial charge in [0.25, 0.3) is 23.6 Å². The molecular formula is C40H24Br2N2O4. The maximum absolute atomic E-state index is 14.3. The Morgan fingerprint density at radius 2 is 0.750 bits per heavy atom. The molecule has 0 fully saturated rings. The van der Waals surface area contributed by atoms with E-state index in [1.165, 1.54) is 9.80 Å². The summed E-state index contributed by atoms with van der Waals surface area (Å²) < 4.78 is 1.36. The van der Waals surface area contributed by atoms with Crippen LogP contribution in [0, 0.1) is 27.7 Å². The third-order valence-corrected chi connectivity index (χ3v) is 11.3. The molecule has 7 aromatic rings. The number of hydrogen-bond acceptors (Lipinski definition) is 4. The molecule has 0 atom stereocenters. The number of anilines is 2. The predicted molar refractivity (Wildman–Crippen MR) is 197 cm³/mol. The number of carbonyl (C=O) groups is 4. The fourth-order valence-corrected chi connectivity index (χ4v) is 9.37. The lowest BCUT2D eigenvalue weighted by molar-refractivity contribution is 0.0877. The second kappa shape index (κ2) is 9.81. The van der Waals surface area contributed by atoms with Gasteiger partial charge in [0.2, 0.25) is 0 Å². The molecule has 0 aliphatic carbocycles. The minimum atomic E-state index is -0.382. The number of para-hydroxylation sites is 2. The molecule has 0 unspecified atom stereocenters. The number of nitrogens with zero attached hydrogens (tertiary/aromatic N) is 2. The SMILES string of the molecule is Cc1cccc(C)c1N1C(=O)c2ccc3c4c(Br)cc5c6c(ccc(c7c(Br)cc(c2c37)C1=O)c64)C(=O)N(c1c(C)cccc1C)C5=O. The summed E-state index contributed by atoms with van der Waals surface area (Å²) in [7, 11) is 0. The van der Waals surface area contributed by atoms with Crippen molar-refractivity contribution in [2.75, 3.05) is 9.80 Å². The Bertz CT molecular complexity index is 2500. The molecule has 0 bridgehead atoms. The fraction of sp³-hybridized carbons (Fsp3) is 0.100. The Hall–Kier alpha value is -4.92. The van der Waals surface area contributed by atoms with Crippen LogP contribution in [0.3, 0.4) is 0 Å². The summed E-state index contributed by atoms with van der Waals surface area (Å²) >= 11 is 7.61. The Morgan fingerprint density at radius 3 is 1.10 bits per heavy atom. The lowest BCUT2D eigenvalue weighted by atomic mass is 9.82. The van der Waals surface area contributed by atoms with Crippen LogP contribution in [0.25, 0.3) is 43.1 Å². The van der Waals surface area contributed by atoms with E-state index in [2.05, 4.69) is 31.9 Å². The van der Waals surface area contributed by atoms with E-state index in [0.717, 1.165) is 54.6 Å². The minimum absolute atomic E-state index is 0.373. The van der Waals surface area contributed by atoms with Crippen molar-refractivity contribution in [3.8, 4) is 0 Å². The van der Waals surface area contributed by atoms with Gasteiger partial charge < -0.3 is 0 Å². The maximum Gasteiger partial charge on any atom is 0.266 e. The average Bonchev–Trinajstić information content (AvgIpc) is 3.05. The highest BCUT2D eigenvalue weighted by Gasteiger charge is 2.40. The zero-order valence-corrected chi connectivity index (χ0v) is 29.4. The van der Waals surface area contributed by atoms with Crippen LogP contribution in [0.5, 0.6) is 0 Å². The topological polar surface area (TPSA) is 74.8 Å². The number of fused-ring (bicyclic) bond motifs is 2. The van der Waals surface area contributed by atoms with E-state index in [4.69, 9.17) is 0 Å². The lowest BCUT2D eigenvalue weighted by Gasteiger charge is -2.32. The molecule has 8 heteroatoms. The predicted octanol–water partition coefficient (Wildman–Crippen LogP) is 10.1. The molecule has 6 nitrogen and oxygen atoms in total. The van der Waals surface area contributed by atoms with Crippen molar-refractivity contribution in [2.45, 2.75) is 27.7 Å². The Balaban J connectivity index is 1.37. The Morgan fingerprint density at radius 1 is 0.417 bits per heavy atom. The summed E-state index contributed by atoms with van der Waals surface area (Å²) in [5.41, 5.74) is 6.28. The van der Waals surface area contributed by atoms with E-state index >= 15 is 0 Å². The van der Waals surface area contributed by atoms with Crippen LogP contribution in [0.4, 0.5) is 11.4 Å². The average molecular weight is 756 g/mol. The molecule has 0 radical (unpaired) electrons. The molecule has 232 valence electrons. The molecule has 2 aliphatic rings. The molecule has 7 aromatic carbocycles. The molecule has 9 rings (SSSR count). The van der Waals surface area contributed by atoms with Gasteiger partial charge in [-0.1, -0.05) is 80.4 Å². The summed E-state index contributed by atoms with van der Waals surface area (Å²) in [4.78, 5) is 59.7. The zero-order chi connectivity index (χ0) is 33.5. The lowest BCUT2D eigenvalue weighted by Crippen LogP contribution is -2.41. The van der Waals surface area contributed by atoms with Crippen molar-refractivity contribution in [3.05, 3.63) is 126 Å². The van der Waals surface area contributed by atoms with Crippen LogP contribution >= 0.6 is 31.9 Å². The van der Waals surface area contributed by atoms with E-state index in [9.17, 15) is 19.2 Å². The first kappa shape index (κ1) is 29.2. The number of benzene rings is 7. The number of aryl methyl sites for hydroxylation is 4. The summed E-state index contributed by atoms with van der Waals surface area (Å²) in [6, 6.07) is 22.4. The summed E-state index contributed by atoms with van der Waals surface area (Å²) in [6.07, 6.45) is 0. The number of carbonyl (C=O) groups excluding carboxylic acids is 4. The molecule has 2 heterocycles. The van der Waals surface area contributed by atoms with Crippen molar-refractivity contribution in [3.63, 3.8) is 0 Å². The second-order valence-corrected chi connectivity index (χ2v) is 14.5. The van der Waals surface area contributed by atoms with E-state index in [1.54, 1.807) is 24.3 Å². The number of rotatable bonds is 2. The highest BCUT2D eigenvalue weighted by molar-refractivity contribution is 9.11. The standard InChI is InChI=1S/C40H24Br2N2O4/c1-17-7-5-8-18(2)35(17)43-37(45)23-13-11-21-32-28(42)16-26-30-24(38(46)44(40(26)48)36-19(3)9-6-10-20(36)4)14-12-22(34(30)32)31-27(41)15-25(39(43)47)29(23)33(21)31/h5-16H,1-4H3. The molecule has 0 N–H and O–H groups in total. The molecule has 0 spiro atoms. The first-order valence-electron chi connectivity index (χ1n) is 15.5. The van der Waals surface area contributed by atoms with E-state index in [1.807, 2.05) is 76.2 Å². The third kappa shape index (κ3) is 3.51. The van der Waals surface area contributed by atoms with Crippen LogP contribution in [0.1, 0.15) is 63.7 Å². The van der Waals surface area contributed by atoms with Crippen LogP contribution in [0.2, 0.25) is 0 Å². The van der Waals surface area contributed by atoms with E-state index in [0.29, 0.717) is 53.3 Å². The number of amides is 4. The smallest absolute Gasteiger partial charge is 0.266 e. The summed E-state index contributed by atoms with van der Waals surface area (Å²) in [5.74, 6) is -1.51. The van der Waals surface area contributed by atoms with Gasteiger partial charge in [-0.15, -0.1) is 0 Å². The summed E-state index contributed by atoms with van der Waals surface area (Å²) in [5, 5.41) is 6.01. The number of hydrogen-bond donors (Lipinski definition) is 0. The van der Waals surface area contributed by atoms with Gasteiger partial charge in [0.05, 0.1) is 22.5 Å². The molecule has 4 amide bonds. The van der Waals surface area contributed by atoms with Crippen molar-refractivity contribution in [1.29, 1.82) is 0 Å². The zero-order valence-electron chi connectivity index (χ0n) is 26.2. The first-order valence-corrected chi connectivity index (χ1v) is 17.1. The highest BCUT2D eigenvalue weighted by Crippen LogP contribution is 2.51. The van der Waals surface area contributed by atoms with Crippen molar-refractivity contribution in [2.24, 2.45) is 0 Å². The van der Waals surface area contributed by atoms with Crippen molar-refractivity contribution >= 4 is 110 Å². The van der Waals surface area contributed by atoms with Crippen LogP contribution < -0.4 is 9.80 Å². The van der Waals surface area contributed by atoms with Gasteiger partial charge in [0.1, 0.15) is 0 Å². The molecule has 48 heavy (non-hydrogen) atoms. The minimum Gasteiger partial charge on any atom is -0.268 e. The van der Waals surface area contributed by atoms with Crippen molar-refractivity contribution < 1.29 is 19.2 Å². The van der Waals surface area contributed by atoms with E-state index in [-0.39, 0.29) is 23.6 Å². The van der Waals surface area contributed by atoms with Gasteiger partial charge in [0, 0.05) is 52.4 Å². The normalized spacial score (nSPS) is 14.5. The van der Waals surface area contributed by atoms with E-state index < -0.39 is 0 Å². The number of imide groups is 2. The monoisotopic (exact) mass is 754 g/mol. The maximum atomic E-state index is 14.3. The fourth-order valence-electron chi connectivity index (χ4n) is 8.09. The molecular weight excluding hydrogens is 732 g/mol. The third-order valence-electron chi connectivity index (χ3n) is 10.1. The molecule has 0 aromatic heterocycles. The van der Waals surface area contributed by atoms with Gasteiger partial charge in [-0.25, -0.2) is 9.80 Å². The largest absolute Gasteiger partial charge is 0.268 e. The van der Waals surface area contributed by atoms with Gasteiger partial charge in [0.15, 0.2) is 0 Å². The quantitative estimate of drug-likeness (QED) is 0.100. The summed E-state index contributed by atoms with van der Waals surface area (Å²) in [6.45, 7) is 7.60. The van der Waals surface area contributed by atoms with Gasteiger partial charge in [-0.05, 0) is 85.0 Å². The van der Waals surface area contributed by atoms with Gasteiger partial charge in [-0.2, -0.15) is 0 Å². The van der Waals surface area contributed by atoms with Gasteiger partial charge in [-0.3, -0.25) is 19.2 Å². The molecule has 0 saturated heterocycles. The van der Waals surface area contributed by atoms with Crippen LogP contribution in [-0.4, -0.2) is 23.6 Å².